The molecular formula is C11H11BrF2INO2. The van der Waals surface area contributed by atoms with E-state index >= 15 is 0 Å². The van der Waals surface area contributed by atoms with Gasteiger partial charge in [-0.05, 0) is 41.1 Å². The number of esters is 1. The molecule has 7 heteroatoms. The van der Waals surface area contributed by atoms with Crippen molar-refractivity contribution in [1.82, 2.24) is 4.98 Å². The highest BCUT2D eigenvalue weighted by Gasteiger charge is 2.17. The van der Waals surface area contributed by atoms with Gasteiger partial charge in [-0.1, -0.05) is 15.9 Å². The van der Waals surface area contributed by atoms with Crippen LogP contribution in [0, 0.1) is 3.57 Å². The van der Waals surface area contributed by atoms with Gasteiger partial charge in [-0.25, -0.2) is 8.78 Å². The molecule has 0 spiro atoms. The maximum absolute atomic E-state index is 12.7. The third-order valence-corrected chi connectivity index (χ3v) is 4.03. The zero-order valence-corrected chi connectivity index (χ0v) is 13.3. The minimum atomic E-state index is -2.65. The second kappa shape index (κ2) is 7.32. The van der Waals surface area contributed by atoms with Crippen molar-refractivity contribution in [3.63, 3.8) is 0 Å². The zero-order chi connectivity index (χ0) is 13.7. The molecule has 1 aromatic rings. The fraction of sp³-hybridized carbons (Fsp3) is 0.455. The number of carbonyl (C=O) groups is 1. The molecule has 1 heterocycles. The number of alkyl halides is 3. The lowest BCUT2D eigenvalue weighted by atomic mass is 10.2. The molecule has 1 aromatic heterocycles. The van der Waals surface area contributed by atoms with Gasteiger partial charge in [0.1, 0.15) is 5.69 Å². The van der Waals surface area contributed by atoms with Crippen molar-refractivity contribution < 1.29 is 18.3 Å². The molecule has 0 amide bonds. The van der Waals surface area contributed by atoms with Gasteiger partial charge in [0.05, 0.1) is 18.7 Å². The summed E-state index contributed by atoms with van der Waals surface area (Å²) in [6, 6.07) is 1.34. The van der Waals surface area contributed by atoms with Crippen molar-refractivity contribution in [3.05, 3.63) is 26.6 Å². The summed E-state index contributed by atoms with van der Waals surface area (Å²) in [5, 5.41) is 0.434. The molecule has 0 saturated carbocycles. The van der Waals surface area contributed by atoms with E-state index in [1.54, 1.807) is 6.92 Å². The maximum atomic E-state index is 12.7. The highest BCUT2D eigenvalue weighted by molar-refractivity contribution is 14.1. The lowest BCUT2D eigenvalue weighted by molar-refractivity contribution is -0.142. The largest absolute Gasteiger partial charge is 0.466 e. The number of nitrogens with zero attached hydrogens (tertiary/aromatic N) is 1. The first kappa shape index (κ1) is 15.7. The fourth-order valence-corrected chi connectivity index (χ4v) is 2.96. The molecule has 3 nitrogen and oxygen atoms in total. The number of carbonyl (C=O) groups excluding carboxylic acids is 1. The molecule has 0 aromatic carbocycles. The minimum absolute atomic E-state index is 0.0906. The first-order valence-corrected chi connectivity index (χ1v) is 7.37. The third kappa shape index (κ3) is 4.11. The highest BCUT2D eigenvalue weighted by atomic mass is 127. The monoisotopic (exact) mass is 433 g/mol. The normalized spacial score (nSPS) is 10.8. The van der Waals surface area contributed by atoms with E-state index in [4.69, 9.17) is 4.74 Å². The topological polar surface area (TPSA) is 39.2 Å². The average molecular weight is 434 g/mol. The molecule has 1 rings (SSSR count). The summed E-state index contributed by atoms with van der Waals surface area (Å²) in [6.07, 6.45) is -2.74. The molecule has 0 N–H and O–H groups in total. The van der Waals surface area contributed by atoms with Gasteiger partial charge in [-0.2, -0.15) is 0 Å². The molecule has 0 unspecified atom stereocenters. The van der Waals surface area contributed by atoms with Crippen LogP contribution in [0.4, 0.5) is 8.78 Å². The molecule has 18 heavy (non-hydrogen) atoms. The number of pyridine rings is 1. The Bertz CT molecular complexity index is 443. The van der Waals surface area contributed by atoms with Crippen LogP contribution in [0.25, 0.3) is 0 Å². The third-order valence-electron chi connectivity index (χ3n) is 2.11. The summed E-state index contributed by atoms with van der Waals surface area (Å²) < 4.78 is 30.9. The van der Waals surface area contributed by atoms with E-state index in [1.165, 1.54) is 6.07 Å². The molecule has 0 aliphatic carbocycles. The Morgan fingerprint density at radius 2 is 2.28 bits per heavy atom. The fourth-order valence-electron chi connectivity index (χ4n) is 1.34. The molecule has 0 saturated heterocycles. The van der Waals surface area contributed by atoms with E-state index in [1.807, 2.05) is 22.6 Å². The van der Waals surface area contributed by atoms with E-state index in [0.29, 0.717) is 20.2 Å². The van der Waals surface area contributed by atoms with E-state index < -0.39 is 12.4 Å². The van der Waals surface area contributed by atoms with Crippen LogP contribution in [0.1, 0.15) is 30.3 Å². The number of aromatic nitrogens is 1. The maximum Gasteiger partial charge on any atom is 0.311 e. The molecule has 0 bridgehead atoms. The van der Waals surface area contributed by atoms with E-state index in [9.17, 15) is 13.6 Å². The van der Waals surface area contributed by atoms with Crippen molar-refractivity contribution in [2.24, 2.45) is 0 Å². The number of hydrogen-bond acceptors (Lipinski definition) is 3. The quantitative estimate of drug-likeness (QED) is 0.404. The summed E-state index contributed by atoms with van der Waals surface area (Å²) in [6.45, 7) is 1.95. The van der Waals surface area contributed by atoms with Gasteiger partial charge in [-0.3, -0.25) is 9.78 Å². The number of hydrogen-bond donors (Lipinski definition) is 0. The predicted molar refractivity (Wildman–Crippen MR) is 74.9 cm³/mol. The second-order valence-electron chi connectivity index (χ2n) is 3.38. The number of halogens is 4. The molecular weight excluding hydrogens is 423 g/mol. The smallest absolute Gasteiger partial charge is 0.311 e. The van der Waals surface area contributed by atoms with Crippen LogP contribution in [0.5, 0.6) is 0 Å². The summed E-state index contributed by atoms with van der Waals surface area (Å²) in [5.41, 5.74) is 0.714. The molecule has 0 atom stereocenters. The molecule has 0 aliphatic heterocycles. The lowest BCUT2D eigenvalue weighted by Gasteiger charge is -2.10. The zero-order valence-electron chi connectivity index (χ0n) is 9.55. The number of ether oxygens (including phenoxy) is 1. The van der Waals surface area contributed by atoms with Gasteiger partial charge in [0.15, 0.2) is 0 Å². The minimum Gasteiger partial charge on any atom is -0.466 e. The first-order chi connectivity index (χ1) is 8.49. The van der Waals surface area contributed by atoms with Gasteiger partial charge in [-0.15, -0.1) is 0 Å². The Morgan fingerprint density at radius 1 is 1.61 bits per heavy atom. The first-order valence-electron chi connectivity index (χ1n) is 5.17. The highest BCUT2D eigenvalue weighted by Crippen LogP contribution is 2.25. The van der Waals surface area contributed by atoms with Crippen LogP contribution in [0.2, 0.25) is 0 Å². The van der Waals surface area contributed by atoms with Crippen molar-refractivity contribution in [2.45, 2.75) is 25.1 Å². The lowest BCUT2D eigenvalue weighted by Crippen LogP contribution is -2.12. The van der Waals surface area contributed by atoms with Crippen molar-refractivity contribution in [3.8, 4) is 0 Å². The Labute approximate surface area is 126 Å². The Balaban J connectivity index is 3.08. The van der Waals surface area contributed by atoms with E-state index in [0.717, 1.165) is 0 Å². The van der Waals surface area contributed by atoms with Crippen molar-refractivity contribution >= 4 is 44.5 Å². The summed E-state index contributed by atoms with van der Waals surface area (Å²) in [4.78, 5) is 15.2. The van der Waals surface area contributed by atoms with Gasteiger partial charge in [0.25, 0.3) is 6.43 Å². The van der Waals surface area contributed by atoms with Crippen LogP contribution in [0.15, 0.2) is 6.07 Å². The van der Waals surface area contributed by atoms with Crippen molar-refractivity contribution in [1.29, 1.82) is 0 Å². The van der Waals surface area contributed by atoms with Crippen LogP contribution in [-0.4, -0.2) is 17.6 Å². The van der Waals surface area contributed by atoms with E-state index in [2.05, 4.69) is 20.9 Å². The van der Waals surface area contributed by atoms with E-state index in [-0.39, 0.29) is 18.7 Å². The summed E-state index contributed by atoms with van der Waals surface area (Å²) in [5.74, 6) is -0.463. The standard InChI is InChI=1S/C11H11BrF2INO2/c1-2-18-9(17)4-7-10(15)6(5-12)3-8(16-7)11(13)14/h3,11H,2,4-5H2,1H3. The van der Waals surface area contributed by atoms with Gasteiger partial charge in [0, 0.05) is 8.90 Å². The molecule has 100 valence electrons. The van der Waals surface area contributed by atoms with Crippen molar-refractivity contribution in [2.75, 3.05) is 6.61 Å². The van der Waals surface area contributed by atoms with Crippen LogP contribution >= 0.6 is 38.5 Å². The Morgan fingerprint density at radius 3 is 2.78 bits per heavy atom. The number of rotatable bonds is 5. The van der Waals surface area contributed by atoms with Gasteiger partial charge in [0.2, 0.25) is 0 Å². The predicted octanol–water partition coefficient (Wildman–Crippen LogP) is 3.62. The summed E-state index contributed by atoms with van der Waals surface area (Å²) >= 11 is 5.23. The molecule has 0 radical (unpaired) electrons. The second-order valence-corrected chi connectivity index (χ2v) is 5.02. The average Bonchev–Trinajstić information content (AvgIpc) is 2.31. The van der Waals surface area contributed by atoms with Crippen LogP contribution in [-0.2, 0) is 21.3 Å². The molecule has 0 aliphatic rings. The SMILES string of the molecule is CCOC(=O)Cc1nc(C(F)F)cc(CBr)c1I. The van der Waals surface area contributed by atoms with Gasteiger partial charge < -0.3 is 4.74 Å². The molecule has 0 fully saturated rings. The summed E-state index contributed by atoms with van der Waals surface area (Å²) in [7, 11) is 0. The Hall–Kier alpha value is -0.310. The van der Waals surface area contributed by atoms with Gasteiger partial charge >= 0.3 is 5.97 Å². The van der Waals surface area contributed by atoms with Crippen LogP contribution < -0.4 is 0 Å². The Kier molecular flexibility index (Phi) is 6.40. The van der Waals surface area contributed by atoms with Crippen LogP contribution in [0.3, 0.4) is 0 Å².